The van der Waals surface area contributed by atoms with Crippen molar-refractivity contribution < 1.29 is 0 Å². The quantitative estimate of drug-likeness (QED) is 0.604. The van der Waals surface area contributed by atoms with Crippen molar-refractivity contribution in [2.45, 2.75) is 45.3 Å². The van der Waals surface area contributed by atoms with Gasteiger partial charge < -0.3 is 5.32 Å². The molecule has 0 aliphatic carbocycles. The van der Waals surface area contributed by atoms with Gasteiger partial charge in [-0.05, 0) is 18.4 Å². The van der Waals surface area contributed by atoms with E-state index in [1.54, 1.807) is 7.05 Å². The summed E-state index contributed by atoms with van der Waals surface area (Å²) >= 11 is 1.47. The van der Waals surface area contributed by atoms with Gasteiger partial charge in [0.1, 0.15) is 0 Å². The van der Waals surface area contributed by atoms with Crippen LogP contribution >= 0.6 is 11.8 Å². The molecule has 114 valence electrons. The van der Waals surface area contributed by atoms with Gasteiger partial charge in [-0.3, -0.25) is 19.4 Å². The van der Waals surface area contributed by atoms with Crippen LogP contribution in [0.5, 0.6) is 0 Å². The topological polar surface area (TPSA) is 79.8 Å². The van der Waals surface area contributed by atoms with Crippen LogP contribution in [-0.2, 0) is 7.05 Å². The minimum absolute atomic E-state index is 0.114. The smallest absolute Gasteiger partial charge is 0.313 e. The van der Waals surface area contributed by atoms with Crippen molar-refractivity contribution in [1.29, 1.82) is 0 Å². The Kier molecular flexibility index (Phi) is 6.01. The van der Waals surface area contributed by atoms with E-state index in [4.69, 9.17) is 0 Å². The molecule has 0 amide bonds. The van der Waals surface area contributed by atoms with Crippen molar-refractivity contribution in [3.63, 3.8) is 0 Å². The molecule has 20 heavy (non-hydrogen) atoms. The van der Waals surface area contributed by atoms with Gasteiger partial charge in [-0.25, -0.2) is 0 Å². The summed E-state index contributed by atoms with van der Waals surface area (Å²) in [5, 5.41) is 6.50. The van der Waals surface area contributed by atoms with Crippen LogP contribution in [0.25, 0.3) is 0 Å². The predicted octanol–water partition coefficient (Wildman–Crippen LogP) is 0.975. The number of hydrogen-bond donors (Lipinski definition) is 2. The number of aromatic amines is 1. The average Bonchev–Trinajstić information content (AvgIpc) is 2.33. The maximum absolute atomic E-state index is 11.3. The zero-order valence-corrected chi connectivity index (χ0v) is 13.6. The minimum atomic E-state index is -0.737. The molecule has 2 N–H and O–H groups in total. The number of thioether (sulfide) groups is 1. The van der Waals surface area contributed by atoms with Crippen LogP contribution in [0.4, 0.5) is 0 Å². The highest BCUT2D eigenvalue weighted by Crippen LogP contribution is 2.24. The summed E-state index contributed by atoms with van der Waals surface area (Å²) in [5.74, 6) is 0.788. The van der Waals surface area contributed by atoms with Crippen LogP contribution in [0, 0.1) is 5.41 Å². The highest BCUT2D eigenvalue weighted by Gasteiger charge is 2.24. The molecular formula is C13H24N4O2S. The fourth-order valence-corrected chi connectivity index (χ4v) is 3.00. The summed E-state index contributed by atoms with van der Waals surface area (Å²) in [6.45, 7) is 9.63. The Morgan fingerprint density at radius 3 is 2.60 bits per heavy atom. The molecule has 7 heteroatoms. The number of nitrogens with zero attached hydrogens (tertiary/aromatic N) is 2. The SMILES string of the molecule is CCCNC(CSc1nc(=O)c(=O)[nH]n1C)C(C)(C)C. The first-order valence-electron chi connectivity index (χ1n) is 6.79. The third kappa shape index (κ3) is 4.79. The normalized spacial score (nSPS) is 13.4. The molecule has 0 fully saturated rings. The fourth-order valence-electron chi connectivity index (χ4n) is 1.68. The number of H-pyrrole nitrogens is 1. The Hall–Kier alpha value is -1.08. The molecule has 6 nitrogen and oxygen atoms in total. The Morgan fingerprint density at radius 1 is 1.40 bits per heavy atom. The van der Waals surface area contributed by atoms with Crippen LogP contribution in [0.15, 0.2) is 14.7 Å². The van der Waals surface area contributed by atoms with Crippen LogP contribution < -0.4 is 16.4 Å². The van der Waals surface area contributed by atoms with E-state index in [0.29, 0.717) is 11.2 Å². The summed E-state index contributed by atoms with van der Waals surface area (Å²) in [5.41, 5.74) is -1.31. The number of aryl methyl sites for hydroxylation is 1. The van der Waals surface area contributed by atoms with Crippen molar-refractivity contribution in [1.82, 2.24) is 20.1 Å². The lowest BCUT2D eigenvalue weighted by atomic mass is 9.88. The fraction of sp³-hybridized carbons (Fsp3) is 0.769. The van der Waals surface area contributed by atoms with E-state index in [2.05, 4.69) is 43.1 Å². The highest BCUT2D eigenvalue weighted by molar-refractivity contribution is 7.99. The third-order valence-electron chi connectivity index (χ3n) is 3.01. The van der Waals surface area contributed by atoms with Gasteiger partial charge in [0, 0.05) is 18.8 Å². The minimum Gasteiger partial charge on any atom is -0.313 e. The lowest BCUT2D eigenvalue weighted by Gasteiger charge is -2.31. The summed E-state index contributed by atoms with van der Waals surface area (Å²) < 4.78 is 1.49. The predicted molar refractivity (Wildman–Crippen MR) is 82.4 cm³/mol. The van der Waals surface area contributed by atoms with Crippen molar-refractivity contribution >= 4 is 11.8 Å². The molecule has 0 aliphatic rings. The molecule has 1 heterocycles. The molecule has 1 atom stereocenters. The van der Waals surface area contributed by atoms with E-state index in [1.165, 1.54) is 16.4 Å². The first-order chi connectivity index (χ1) is 9.25. The van der Waals surface area contributed by atoms with Crippen molar-refractivity contribution in [2.75, 3.05) is 12.3 Å². The standard InChI is InChI=1S/C13H24N4O2S/c1-6-7-14-9(13(2,3)4)8-20-12-15-10(18)11(19)16-17(12)5/h9,14H,6-8H2,1-5H3,(H,16,19). The number of rotatable bonds is 6. The zero-order valence-electron chi connectivity index (χ0n) is 12.8. The van der Waals surface area contributed by atoms with Gasteiger partial charge in [-0.15, -0.1) is 0 Å². The van der Waals surface area contributed by atoms with Crippen LogP contribution in [0.2, 0.25) is 0 Å². The molecular weight excluding hydrogens is 276 g/mol. The van der Waals surface area contributed by atoms with Gasteiger partial charge in [0.05, 0.1) is 0 Å². The van der Waals surface area contributed by atoms with Crippen molar-refractivity contribution in [3.05, 3.63) is 20.7 Å². The molecule has 0 bridgehead atoms. The second-order valence-electron chi connectivity index (χ2n) is 5.88. The second kappa shape index (κ2) is 7.08. The monoisotopic (exact) mass is 300 g/mol. The van der Waals surface area contributed by atoms with Gasteiger partial charge in [0.15, 0.2) is 5.16 Å². The number of hydrogen-bond acceptors (Lipinski definition) is 5. The van der Waals surface area contributed by atoms with Crippen LogP contribution in [-0.4, -0.2) is 33.1 Å². The van der Waals surface area contributed by atoms with Crippen molar-refractivity contribution in [2.24, 2.45) is 12.5 Å². The number of nitrogens with one attached hydrogen (secondary N) is 2. The Labute approximate surface area is 123 Å². The lowest BCUT2D eigenvalue weighted by Crippen LogP contribution is -2.43. The van der Waals surface area contributed by atoms with E-state index in [0.717, 1.165) is 18.7 Å². The van der Waals surface area contributed by atoms with E-state index < -0.39 is 11.1 Å². The molecule has 1 aromatic heterocycles. The summed E-state index contributed by atoms with van der Waals surface area (Å²) in [6.07, 6.45) is 1.08. The zero-order chi connectivity index (χ0) is 15.3. The Morgan fingerprint density at radius 2 is 2.05 bits per heavy atom. The first kappa shape index (κ1) is 17.0. The van der Waals surface area contributed by atoms with Crippen molar-refractivity contribution in [3.8, 4) is 0 Å². The van der Waals surface area contributed by atoms with E-state index in [9.17, 15) is 9.59 Å². The first-order valence-corrected chi connectivity index (χ1v) is 7.77. The highest BCUT2D eigenvalue weighted by atomic mass is 32.2. The summed E-state index contributed by atoms with van der Waals surface area (Å²) in [4.78, 5) is 26.3. The van der Waals surface area contributed by atoms with Gasteiger partial charge in [0.25, 0.3) is 0 Å². The molecule has 1 aromatic rings. The van der Waals surface area contributed by atoms with Gasteiger partial charge in [-0.2, -0.15) is 4.98 Å². The lowest BCUT2D eigenvalue weighted by molar-refractivity contribution is 0.291. The largest absolute Gasteiger partial charge is 0.339 e. The molecule has 0 aliphatic heterocycles. The summed E-state index contributed by atoms with van der Waals surface area (Å²) in [6, 6.07) is 0.302. The number of aromatic nitrogens is 3. The molecule has 0 spiro atoms. The molecule has 0 aromatic carbocycles. The molecule has 0 radical (unpaired) electrons. The molecule has 0 saturated carbocycles. The molecule has 1 unspecified atom stereocenters. The maximum atomic E-state index is 11.3. The van der Waals surface area contributed by atoms with E-state index in [1.807, 2.05) is 0 Å². The average molecular weight is 300 g/mol. The van der Waals surface area contributed by atoms with Gasteiger partial charge >= 0.3 is 11.1 Å². The Bertz CT molecular complexity index is 545. The maximum Gasteiger partial charge on any atom is 0.339 e. The van der Waals surface area contributed by atoms with E-state index in [-0.39, 0.29) is 5.41 Å². The van der Waals surface area contributed by atoms with Crippen LogP contribution in [0.1, 0.15) is 34.1 Å². The molecule has 1 rings (SSSR count). The summed E-state index contributed by atoms with van der Waals surface area (Å²) in [7, 11) is 1.68. The second-order valence-corrected chi connectivity index (χ2v) is 6.87. The van der Waals surface area contributed by atoms with E-state index >= 15 is 0 Å². The van der Waals surface area contributed by atoms with Gasteiger partial charge in [-0.1, -0.05) is 39.5 Å². The molecule has 0 saturated heterocycles. The Balaban J connectivity index is 2.80. The van der Waals surface area contributed by atoms with Crippen LogP contribution in [0.3, 0.4) is 0 Å². The van der Waals surface area contributed by atoms with Gasteiger partial charge in [0.2, 0.25) is 0 Å². The third-order valence-corrected chi connectivity index (χ3v) is 4.14.